The standard InChI is InChI=1S/C17H13F2N5O2/c18-10-3-6-13(12(19)7-10)24-16-14(20)15(21-8-22-16)23-11-4-1-9(2-5-11)17(25)26/h1-8H,20H2,(H,25,26)(H2,21,22,23,24). The van der Waals surface area contributed by atoms with Crippen LogP contribution in [0.15, 0.2) is 48.8 Å². The third kappa shape index (κ3) is 3.66. The summed E-state index contributed by atoms with van der Waals surface area (Å²) in [7, 11) is 0. The molecule has 1 heterocycles. The summed E-state index contributed by atoms with van der Waals surface area (Å²) in [6.45, 7) is 0. The summed E-state index contributed by atoms with van der Waals surface area (Å²) in [5, 5.41) is 14.5. The molecule has 0 atom stereocenters. The van der Waals surface area contributed by atoms with Gasteiger partial charge in [-0.15, -0.1) is 0 Å². The molecule has 0 saturated carbocycles. The first-order valence-corrected chi connectivity index (χ1v) is 7.37. The zero-order valence-electron chi connectivity index (χ0n) is 13.2. The van der Waals surface area contributed by atoms with Crippen LogP contribution < -0.4 is 16.4 Å². The number of hydrogen-bond acceptors (Lipinski definition) is 6. The fraction of sp³-hybridized carbons (Fsp3) is 0. The Balaban J connectivity index is 1.83. The molecule has 0 fully saturated rings. The van der Waals surface area contributed by atoms with Gasteiger partial charge in [0.1, 0.15) is 23.6 Å². The van der Waals surface area contributed by atoms with Crippen molar-refractivity contribution in [3.8, 4) is 0 Å². The van der Waals surface area contributed by atoms with E-state index in [9.17, 15) is 13.6 Å². The smallest absolute Gasteiger partial charge is 0.335 e. The molecule has 7 nitrogen and oxygen atoms in total. The van der Waals surface area contributed by atoms with E-state index in [2.05, 4.69) is 20.6 Å². The molecule has 0 bridgehead atoms. The molecule has 132 valence electrons. The van der Waals surface area contributed by atoms with Crippen molar-refractivity contribution in [2.24, 2.45) is 0 Å². The highest BCUT2D eigenvalue weighted by atomic mass is 19.1. The number of rotatable bonds is 5. The maximum Gasteiger partial charge on any atom is 0.335 e. The first-order valence-electron chi connectivity index (χ1n) is 7.37. The number of carbonyl (C=O) groups is 1. The number of nitrogens with two attached hydrogens (primary N) is 1. The van der Waals surface area contributed by atoms with Gasteiger partial charge in [-0.25, -0.2) is 23.5 Å². The van der Waals surface area contributed by atoms with Crippen LogP contribution in [-0.2, 0) is 0 Å². The second-order valence-electron chi connectivity index (χ2n) is 5.24. The number of nitrogens with zero attached hydrogens (tertiary/aromatic N) is 2. The zero-order valence-corrected chi connectivity index (χ0v) is 13.2. The molecule has 5 N–H and O–H groups in total. The number of hydrogen-bond donors (Lipinski definition) is 4. The van der Waals surface area contributed by atoms with Crippen LogP contribution in [0.25, 0.3) is 0 Å². The molecule has 0 radical (unpaired) electrons. The van der Waals surface area contributed by atoms with E-state index >= 15 is 0 Å². The van der Waals surface area contributed by atoms with Crippen molar-refractivity contribution in [3.05, 3.63) is 66.0 Å². The van der Waals surface area contributed by atoms with E-state index in [1.165, 1.54) is 24.5 Å². The number of nitrogens with one attached hydrogen (secondary N) is 2. The van der Waals surface area contributed by atoms with Crippen molar-refractivity contribution in [2.75, 3.05) is 16.4 Å². The van der Waals surface area contributed by atoms with Gasteiger partial charge in [-0.1, -0.05) is 0 Å². The average molecular weight is 357 g/mol. The summed E-state index contributed by atoms with van der Waals surface area (Å²) in [5.41, 5.74) is 6.81. The normalized spacial score (nSPS) is 10.4. The Hall–Kier alpha value is -3.75. The average Bonchev–Trinajstić information content (AvgIpc) is 2.61. The van der Waals surface area contributed by atoms with Gasteiger partial charge in [0.2, 0.25) is 0 Å². The molecular formula is C17H13F2N5O2. The lowest BCUT2D eigenvalue weighted by molar-refractivity contribution is 0.0697. The van der Waals surface area contributed by atoms with Crippen molar-refractivity contribution in [1.82, 2.24) is 9.97 Å². The Morgan fingerprint density at radius 1 is 1.00 bits per heavy atom. The lowest BCUT2D eigenvalue weighted by atomic mass is 10.2. The van der Waals surface area contributed by atoms with E-state index in [-0.39, 0.29) is 28.6 Å². The molecule has 0 aliphatic rings. The lowest BCUT2D eigenvalue weighted by Crippen LogP contribution is -2.06. The first kappa shape index (κ1) is 17.1. The number of carboxylic acid groups (broad SMARTS) is 1. The predicted octanol–water partition coefficient (Wildman–Crippen LogP) is 3.52. The monoisotopic (exact) mass is 357 g/mol. The van der Waals surface area contributed by atoms with Gasteiger partial charge >= 0.3 is 5.97 Å². The highest BCUT2D eigenvalue weighted by molar-refractivity contribution is 5.88. The first-order chi connectivity index (χ1) is 12.4. The van der Waals surface area contributed by atoms with Gasteiger partial charge in [0.25, 0.3) is 0 Å². The fourth-order valence-corrected chi connectivity index (χ4v) is 2.15. The Morgan fingerprint density at radius 2 is 1.65 bits per heavy atom. The van der Waals surface area contributed by atoms with Crippen LogP contribution in [0.4, 0.5) is 37.5 Å². The molecule has 1 aromatic heterocycles. The van der Waals surface area contributed by atoms with E-state index in [0.29, 0.717) is 5.69 Å². The Bertz CT molecular complexity index is 964. The highest BCUT2D eigenvalue weighted by Gasteiger charge is 2.12. The molecule has 0 saturated heterocycles. The molecule has 3 rings (SSSR count). The molecule has 0 unspecified atom stereocenters. The van der Waals surface area contributed by atoms with Crippen molar-refractivity contribution in [3.63, 3.8) is 0 Å². The minimum absolute atomic E-state index is 0.00793. The van der Waals surface area contributed by atoms with Crippen molar-refractivity contribution in [1.29, 1.82) is 0 Å². The molecule has 0 spiro atoms. The van der Waals surface area contributed by atoms with Crippen LogP contribution in [0.1, 0.15) is 10.4 Å². The molecule has 9 heteroatoms. The third-order valence-corrected chi connectivity index (χ3v) is 3.46. The topological polar surface area (TPSA) is 113 Å². The van der Waals surface area contributed by atoms with Crippen LogP contribution in [0, 0.1) is 11.6 Å². The van der Waals surface area contributed by atoms with Gasteiger partial charge in [0, 0.05) is 11.8 Å². The third-order valence-electron chi connectivity index (χ3n) is 3.46. The van der Waals surface area contributed by atoms with E-state index in [0.717, 1.165) is 12.1 Å². The molecule has 0 aliphatic carbocycles. The number of halogens is 2. The Labute approximate surface area is 146 Å². The van der Waals surface area contributed by atoms with Crippen LogP contribution in [0.2, 0.25) is 0 Å². The Kier molecular flexibility index (Phi) is 4.61. The summed E-state index contributed by atoms with van der Waals surface area (Å²) < 4.78 is 26.8. The minimum atomic E-state index is -1.04. The van der Waals surface area contributed by atoms with Gasteiger partial charge in [0.05, 0.1) is 11.3 Å². The molecule has 26 heavy (non-hydrogen) atoms. The maximum absolute atomic E-state index is 13.8. The van der Waals surface area contributed by atoms with E-state index in [1.807, 2.05) is 0 Å². The molecule has 0 aliphatic heterocycles. The lowest BCUT2D eigenvalue weighted by Gasteiger charge is -2.13. The second kappa shape index (κ2) is 7.01. The number of nitrogen functional groups attached to an aromatic ring is 1. The minimum Gasteiger partial charge on any atom is -0.478 e. The van der Waals surface area contributed by atoms with Gasteiger partial charge in [-0.3, -0.25) is 0 Å². The number of aromatic carboxylic acids is 1. The van der Waals surface area contributed by atoms with Crippen LogP contribution >= 0.6 is 0 Å². The van der Waals surface area contributed by atoms with Crippen molar-refractivity contribution < 1.29 is 18.7 Å². The van der Waals surface area contributed by atoms with Crippen LogP contribution in [0.3, 0.4) is 0 Å². The maximum atomic E-state index is 13.8. The number of carboxylic acids is 1. The fourth-order valence-electron chi connectivity index (χ4n) is 2.15. The molecular weight excluding hydrogens is 344 g/mol. The molecule has 0 amide bonds. The highest BCUT2D eigenvalue weighted by Crippen LogP contribution is 2.29. The summed E-state index contributed by atoms with van der Waals surface area (Å²) in [6, 6.07) is 9.03. The van der Waals surface area contributed by atoms with Gasteiger partial charge in [-0.2, -0.15) is 0 Å². The summed E-state index contributed by atoms with van der Waals surface area (Å²) >= 11 is 0. The van der Waals surface area contributed by atoms with Gasteiger partial charge < -0.3 is 21.5 Å². The molecule has 3 aromatic rings. The SMILES string of the molecule is Nc1c(Nc2ccc(C(=O)O)cc2)ncnc1Nc1ccc(F)cc1F. The van der Waals surface area contributed by atoms with Crippen molar-refractivity contribution >= 4 is 34.7 Å². The number of anilines is 5. The number of aromatic nitrogens is 2. The van der Waals surface area contributed by atoms with Gasteiger partial charge in [-0.05, 0) is 36.4 Å². The summed E-state index contributed by atoms with van der Waals surface area (Å²) in [4.78, 5) is 18.8. The second-order valence-corrected chi connectivity index (χ2v) is 5.24. The van der Waals surface area contributed by atoms with Crippen molar-refractivity contribution in [2.45, 2.75) is 0 Å². The predicted molar refractivity (Wildman–Crippen MR) is 92.8 cm³/mol. The van der Waals surface area contributed by atoms with E-state index in [4.69, 9.17) is 10.8 Å². The molecule has 2 aromatic carbocycles. The van der Waals surface area contributed by atoms with Gasteiger partial charge in [0.15, 0.2) is 11.6 Å². The number of benzene rings is 2. The summed E-state index contributed by atoms with van der Waals surface area (Å²) in [6.07, 6.45) is 1.22. The van der Waals surface area contributed by atoms with E-state index < -0.39 is 17.6 Å². The summed E-state index contributed by atoms with van der Waals surface area (Å²) in [5.74, 6) is -2.15. The van der Waals surface area contributed by atoms with Crippen LogP contribution in [-0.4, -0.2) is 21.0 Å². The van der Waals surface area contributed by atoms with Crippen LogP contribution in [0.5, 0.6) is 0 Å². The quantitative estimate of drug-likeness (QED) is 0.552. The largest absolute Gasteiger partial charge is 0.478 e. The Morgan fingerprint density at radius 3 is 2.27 bits per heavy atom. The van der Waals surface area contributed by atoms with E-state index in [1.54, 1.807) is 12.1 Å². The zero-order chi connectivity index (χ0) is 18.7.